The molecule has 1 amide bonds. The normalized spacial score (nSPS) is 14.0. The number of halogens is 1. The van der Waals surface area contributed by atoms with E-state index in [1.807, 2.05) is 18.0 Å². The molecule has 1 N–H and O–H groups in total. The maximum atomic E-state index is 12.8. The monoisotopic (exact) mass is 425 g/mol. The molecule has 0 saturated carbocycles. The number of rotatable bonds is 5. The number of hydrogen-bond acceptors (Lipinski definition) is 2. The molecule has 5 heteroatoms. The Morgan fingerprint density at radius 1 is 1.19 bits per heavy atom. The number of hydrogen-bond donors (Lipinski definition) is 1. The van der Waals surface area contributed by atoms with E-state index in [9.17, 15) is 4.79 Å². The minimum Gasteiger partial charge on any atom is -0.358 e. The first-order valence-electron chi connectivity index (χ1n) is 9.39. The van der Waals surface area contributed by atoms with Gasteiger partial charge in [0.25, 0.3) is 0 Å². The molecule has 0 spiro atoms. The Bertz CT molecular complexity index is 948. The third kappa shape index (κ3) is 4.09. The summed E-state index contributed by atoms with van der Waals surface area (Å²) in [5.41, 5.74) is 5.02. The molecule has 0 aliphatic carbocycles. The van der Waals surface area contributed by atoms with E-state index in [0.717, 1.165) is 30.4 Å². The van der Waals surface area contributed by atoms with E-state index in [1.54, 1.807) is 0 Å². The van der Waals surface area contributed by atoms with Crippen LogP contribution in [0.25, 0.3) is 10.9 Å². The van der Waals surface area contributed by atoms with Crippen molar-refractivity contribution >= 4 is 32.7 Å². The number of carbonyl (C=O) groups excluding carboxylic acids is 1. The Balaban J connectivity index is 1.35. The molecule has 1 aliphatic heterocycles. The lowest BCUT2D eigenvalue weighted by Gasteiger charge is -2.29. The number of aromatic nitrogens is 1. The van der Waals surface area contributed by atoms with Gasteiger partial charge in [-0.15, -0.1) is 0 Å². The van der Waals surface area contributed by atoms with Crippen LogP contribution in [0.2, 0.25) is 0 Å². The van der Waals surface area contributed by atoms with E-state index in [-0.39, 0.29) is 5.91 Å². The van der Waals surface area contributed by atoms with Crippen molar-refractivity contribution in [2.45, 2.75) is 19.4 Å². The van der Waals surface area contributed by atoms with Gasteiger partial charge in [0.1, 0.15) is 0 Å². The SMILES string of the molecule is CN(CCc1ccc(Br)cc1)CC(=O)N1CCc2[nH]c3ccccc3c2C1. The van der Waals surface area contributed by atoms with Gasteiger partial charge in [-0.3, -0.25) is 9.69 Å². The standard InChI is InChI=1S/C22H24BrN3O/c1-25(12-10-16-6-8-17(23)9-7-16)15-22(27)26-13-11-21-19(14-26)18-4-2-3-5-20(18)24-21/h2-9,24H,10-15H2,1H3. The van der Waals surface area contributed by atoms with E-state index in [4.69, 9.17) is 0 Å². The molecule has 2 heterocycles. The molecule has 0 bridgehead atoms. The molecule has 140 valence electrons. The fraction of sp³-hybridized carbons (Fsp3) is 0.318. The third-order valence-electron chi connectivity index (χ3n) is 5.34. The molecule has 0 atom stereocenters. The van der Waals surface area contributed by atoms with Gasteiger partial charge >= 0.3 is 0 Å². The average Bonchev–Trinajstić information content (AvgIpc) is 3.05. The molecule has 2 aromatic carbocycles. The summed E-state index contributed by atoms with van der Waals surface area (Å²) in [4.78, 5) is 20.4. The summed E-state index contributed by atoms with van der Waals surface area (Å²) in [6.45, 7) is 2.84. The Morgan fingerprint density at radius 2 is 1.96 bits per heavy atom. The van der Waals surface area contributed by atoms with Crippen molar-refractivity contribution in [3.05, 3.63) is 69.8 Å². The van der Waals surface area contributed by atoms with Crippen molar-refractivity contribution in [2.75, 3.05) is 26.7 Å². The number of H-pyrrole nitrogens is 1. The number of amides is 1. The molecular formula is C22H24BrN3O. The van der Waals surface area contributed by atoms with E-state index >= 15 is 0 Å². The first kappa shape index (κ1) is 18.3. The van der Waals surface area contributed by atoms with Gasteiger partial charge in [0.2, 0.25) is 5.91 Å². The Hall–Kier alpha value is -2.11. The van der Waals surface area contributed by atoms with Gasteiger partial charge in [0.15, 0.2) is 0 Å². The summed E-state index contributed by atoms with van der Waals surface area (Å²) >= 11 is 3.46. The van der Waals surface area contributed by atoms with E-state index in [0.29, 0.717) is 13.1 Å². The third-order valence-corrected chi connectivity index (χ3v) is 5.86. The topological polar surface area (TPSA) is 39.3 Å². The highest BCUT2D eigenvalue weighted by Crippen LogP contribution is 2.27. The van der Waals surface area contributed by atoms with Gasteiger partial charge in [0, 0.05) is 52.7 Å². The first-order chi connectivity index (χ1) is 13.1. The smallest absolute Gasteiger partial charge is 0.237 e. The van der Waals surface area contributed by atoms with E-state index in [2.05, 4.69) is 68.3 Å². The molecule has 4 rings (SSSR count). The van der Waals surface area contributed by atoms with Crippen LogP contribution in [0.15, 0.2) is 53.0 Å². The highest BCUT2D eigenvalue weighted by Gasteiger charge is 2.24. The molecule has 0 fully saturated rings. The summed E-state index contributed by atoms with van der Waals surface area (Å²) in [5, 5.41) is 1.24. The lowest BCUT2D eigenvalue weighted by molar-refractivity contribution is -0.133. The molecule has 3 aromatic rings. The largest absolute Gasteiger partial charge is 0.358 e. The van der Waals surface area contributed by atoms with Crippen LogP contribution >= 0.6 is 15.9 Å². The van der Waals surface area contributed by atoms with E-state index < -0.39 is 0 Å². The fourth-order valence-electron chi connectivity index (χ4n) is 3.76. The fourth-order valence-corrected chi connectivity index (χ4v) is 4.02. The summed E-state index contributed by atoms with van der Waals surface area (Å²) in [6.07, 6.45) is 1.85. The number of nitrogens with one attached hydrogen (secondary N) is 1. The zero-order valence-electron chi connectivity index (χ0n) is 15.5. The number of carbonyl (C=O) groups is 1. The van der Waals surface area contributed by atoms with Crippen molar-refractivity contribution in [1.82, 2.24) is 14.8 Å². The minimum absolute atomic E-state index is 0.212. The van der Waals surface area contributed by atoms with Crippen LogP contribution < -0.4 is 0 Å². The second-order valence-electron chi connectivity index (χ2n) is 7.31. The van der Waals surface area contributed by atoms with Crippen molar-refractivity contribution in [1.29, 1.82) is 0 Å². The van der Waals surface area contributed by atoms with Crippen LogP contribution in [-0.4, -0.2) is 47.4 Å². The lowest BCUT2D eigenvalue weighted by Crippen LogP contribution is -2.42. The molecule has 27 heavy (non-hydrogen) atoms. The Kier molecular flexibility index (Phi) is 5.32. The predicted octanol–water partition coefficient (Wildman–Crippen LogP) is 3.99. The molecule has 0 radical (unpaired) electrons. The minimum atomic E-state index is 0.212. The number of benzene rings is 2. The van der Waals surface area contributed by atoms with Gasteiger partial charge in [-0.1, -0.05) is 46.3 Å². The average molecular weight is 426 g/mol. The van der Waals surface area contributed by atoms with Gasteiger partial charge in [0.05, 0.1) is 6.54 Å². The molecule has 1 aromatic heterocycles. The van der Waals surface area contributed by atoms with Gasteiger partial charge in [-0.25, -0.2) is 0 Å². The predicted molar refractivity (Wildman–Crippen MR) is 113 cm³/mol. The van der Waals surface area contributed by atoms with Crippen LogP contribution in [0.5, 0.6) is 0 Å². The zero-order valence-corrected chi connectivity index (χ0v) is 17.1. The second-order valence-corrected chi connectivity index (χ2v) is 8.22. The maximum Gasteiger partial charge on any atom is 0.237 e. The second kappa shape index (κ2) is 7.87. The number of likely N-dealkylation sites (N-methyl/N-ethyl adjacent to an activating group) is 1. The molecule has 0 unspecified atom stereocenters. The van der Waals surface area contributed by atoms with Crippen molar-refractivity contribution in [3.8, 4) is 0 Å². The van der Waals surface area contributed by atoms with Gasteiger partial charge in [-0.05, 0) is 37.2 Å². The number of aromatic amines is 1. The van der Waals surface area contributed by atoms with Crippen LogP contribution in [0.1, 0.15) is 16.8 Å². The van der Waals surface area contributed by atoms with Crippen molar-refractivity contribution in [3.63, 3.8) is 0 Å². The molecular weight excluding hydrogens is 402 g/mol. The highest BCUT2D eigenvalue weighted by molar-refractivity contribution is 9.10. The molecule has 1 aliphatic rings. The highest BCUT2D eigenvalue weighted by atomic mass is 79.9. The number of nitrogens with zero attached hydrogens (tertiary/aromatic N) is 2. The van der Waals surface area contributed by atoms with Gasteiger partial charge < -0.3 is 9.88 Å². The van der Waals surface area contributed by atoms with E-state index in [1.165, 1.54) is 27.7 Å². The number of para-hydroxylation sites is 1. The Morgan fingerprint density at radius 3 is 2.78 bits per heavy atom. The molecule has 0 saturated heterocycles. The zero-order chi connectivity index (χ0) is 18.8. The summed E-state index contributed by atoms with van der Waals surface area (Å²) in [7, 11) is 2.03. The van der Waals surface area contributed by atoms with Gasteiger partial charge in [-0.2, -0.15) is 0 Å². The summed E-state index contributed by atoms with van der Waals surface area (Å²) in [6, 6.07) is 16.7. The van der Waals surface area contributed by atoms with Crippen LogP contribution in [-0.2, 0) is 24.2 Å². The maximum absolute atomic E-state index is 12.8. The van der Waals surface area contributed by atoms with Crippen LogP contribution in [0.3, 0.4) is 0 Å². The van der Waals surface area contributed by atoms with Crippen molar-refractivity contribution < 1.29 is 4.79 Å². The summed E-state index contributed by atoms with van der Waals surface area (Å²) in [5.74, 6) is 0.212. The van der Waals surface area contributed by atoms with Crippen LogP contribution in [0, 0.1) is 0 Å². The molecule has 4 nitrogen and oxygen atoms in total. The lowest BCUT2D eigenvalue weighted by atomic mass is 10.0. The van der Waals surface area contributed by atoms with Crippen molar-refractivity contribution in [2.24, 2.45) is 0 Å². The Labute approximate surface area is 168 Å². The quantitative estimate of drug-likeness (QED) is 0.670. The number of fused-ring (bicyclic) bond motifs is 3. The van der Waals surface area contributed by atoms with Crippen LogP contribution in [0.4, 0.5) is 0 Å². The summed E-state index contributed by atoms with van der Waals surface area (Å²) < 4.78 is 1.09. The first-order valence-corrected chi connectivity index (χ1v) is 10.2.